The molecule has 2 aromatic rings. The van der Waals surface area contributed by atoms with Gasteiger partial charge in [-0.15, -0.1) is 20.4 Å². The molecule has 0 aliphatic carbocycles. The smallest absolute Gasteiger partial charge is 0.230 e. The third-order valence-electron chi connectivity index (χ3n) is 5.06. The Bertz CT molecular complexity index is 786. The lowest BCUT2D eigenvalue weighted by Crippen LogP contribution is -2.36. The van der Waals surface area contributed by atoms with Crippen LogP contribution in [0.4, 0.5) is 0 Å². The first-order chi connectivity index (χ1) is 13.2. The molecule has 2 aromatic heterocycles. The molecule has 10 heteroatoms. The summed E-state index contributed by atoms with van der Waals surface area (Å²) >= 11 is 2.97. The molecule has 146 valence electrons. The Morgan fingerprint density at radius 3 is 2.85 bits per heavy atom. The van der Waals surface area contributed by atoms with E-state index in [0.717, 1.165) is 72.9 Å². The average Bonchev–Trinajstić information content (AvgIpc) is 3.23. The van der Waals surface area contributed by atoms with Crippen molar-refractivity contribution in [2.24, 2.45) is 0 Å². The molecule has 0 bridgehead atoms. The highest BCUT2D eigenvalue weighted by Gasteiger charge is 2.26. The second-order valence-corrected chi connectivity index (χ2v) is 9.38. The van der Waals surface area contributed by atoms with Crippen molar-refractivity contribution >= 4 is 29.0 Å². The van der Waals surface area contributed by atoms with Gasteiger partial charge in [-0.05, 0) is 32.6 Å². The molecule has 2 aliphatic rings. The Balaban J connectivity index is 1.30. The molecule has 4 heterocycles. The van der Waals surface area contributed by atoms with Gasteiger partial charge in [0.1, 0.15) is 16.7 Å². The quantitative estimate of drug-likeness (QED) is 0.756. The average molecular weight is 409 g/mol. The number of nitrogens with zero attached hydrogens (tertiary/aromatic N) is 5. The number of ether oxygens (including phenoxy) is 1. The van der Waals surface area contributed by atoms with Crippen LogP contribution in [0.3, 0.4) is 0 Å². The summed E-state index contributed by atoms with van der Waals surface area (Å²) in [5.74, 6) is 3.03. The summed E-state index contributed by atoms with van der Waals surface area (Å²) in [6.45, 7) is 4.39. The van der Waals surface area contributed by atoms with Crippen LogP contribution in [0, 0.1) is 6.92 Å². The number of aromatic nitrogens is 5. The van der Waals surface area contributed by atoms with E-state index in [1.165, 1.54) is 23.1 Å². The van der Waals surface area contributed by atoms with Crippen molar-refractivity contribution in [1.29, 1.82) is 0 Å². The molecule has 0 radical (unpaired) electrons. The third kappa shape index (κ3) is 4.67. The van der Waals surface area contributed by atoms with Crippen molar-refractivity contribution in [2.45, 2.75) is 61.9 Å². The molecular weight excluding hydrogens is 384 g/mol. The maximum atomic E-state index is 12.3. The van der Waals surface area contributed by atoms with Crippen LogP contribution in [-0.4, -0.2) is 55.9 Å². The third-order valence-corrected chi connectivity index (χ3v) is 7.03. The van der Waals surface area contributed by atoms with E-state index in [-0.39, 0.29) is 11.9 Å². The van der Waals surface area contributed by atoms with Crippen LogP contribution >= 0.6 is 23.1 Å². The molecule has 0 spiro atoms. The van der Waals surface area contributed by atoms with E-state index in [2.05, 4.69) is 30.3 Å². The lowest BCUT2D eigenvalue weighted by molar-refractivity contribution is -0.119. The number of carbonyl (C=O) groups excluding carboxylic acids is 1. The summed E-state index contributed by atoms with van der Waals surface area (Å²) in [5, 5.41) is 21.0. The van der Waals surface area contributed by atoms with Crippen LogP contribution < -0.4 is 5.32 Å². The summed E-state index contributed by atoms with van der Waals surface area (Å²) < 4.78 is 8.59. The van der Waals surface area contributed by atoms with Crippen molar-refractivity contribution in [1.82, 2.24) is 30.3 Å². The van der Waals surface area contributed by atoms with Crippen molar-refractivity contribution in [3.8, 4) is 0 Å². The normalized spacial score (nSPS) is 20.9. The molecule has 1 fully saturated rings. The van der Waals surface area contributed by atoms with Gasteiger partial charge < -0.3 is 14.6 Å². The van der Waals surface area contributed by atoms with E-state index in [9.17, 15) is 4.79 Å². The molecule has 0 aromatic carbocycles. The maximum Gasteiger partial charge on any atom is 0.230 e. The van der Waals surface area contributed by atoms with Crippen molar-refractivity contribution in [3.05, 3.63) is 16.7 Å². The largest absolute Gasteiger partial charge is 0.381 e. The van der Waals surface area contributed by atoms with E-state index in [4.69, 9.17) is 4.74 Å². The first-order valence-corrected chi connectivity index (χ1v) is 11.2. The lowest BCUT2D eigenvalue weighted by Gasteiger charge is -2.22. The van der Waals surface area contributed by atoms with E-state index < -0.39 is 0 Å². The van der Waals surface area contributed by atoms with Gasteiger partial charge in [0.05, 0.1) is 5.75 Å². The first-order valence-electron chi connectivity index (χ1n) is 9.41. The fourth-order valence-corrected chi connectivity index (χ4v) is 5.27. The number of carbonyl (C=O) groups is 1. The zero-order valence-corrected chi connectivity index (χ0v) is 17.0. The number of nitrogens with one attached hydrogen (secondary N) is 1. The molecular formula is C17H24N6O2S2. The second kappa shape index (κ2) is 8.66. The van der Waals surface area contributed by atoms with Gasteiger partial charge in [-0.1, -0.05) is 23.1 Å². The minimum absolute atomic E-state index is 0.0557. The van der Waals surface area contributed by atoms with Gasteiger partial charge in [-0.25, -0.2) is 0 Å². The summed E-state index contributed by atoms with van der Waals surface area (Å²) in [6.07, 6.45) is 4.70. The zero-order chi connectivity index (χ0) is 18.6. The van der Waals surface area contributed by atoms with Gasteiger partial charge in [-0.3, -0.25) is 4.79 Å². The first kappa shape index (κ1) is 18.8. The molecule has 1 saturated heterocycles. The lowest BCUT2D eigenvalue weighted by atomic mass is 9.99. The molecule has 4 rings (SSSR count). The number of thioether (sulfide) groups is 1. The Labute approximate surface area is 166 Å². The van der Waals surface area contributed by atoms with Crippen LogP contribution in [0.25, 0.3) is 0 Å². The summed E-state index contributed by atoms with van der Waals surface area (Å²) in [6, 6.07) is 0.179. The van der Waals surface area contributed by atoms with Gasteiger partial charge >= 0.3 is 0 Å². The summed E-state index contributed by atoms with van der Waals surface area (Å²) in [4.78, 5) is 12.3. The number of rotatable bonds is 5. The maximum absolute atomic E-state index is 12.3. The summed E-state index contributed by atoms with van der Waals surface area (Å²) in [7, 11) is 0. The van der Waals surface area contributed by atoms with E-state index in [1.807, 2.05) is 6.92 Å². The molecule has 1 atom stereocenters. The Morgan fingerprint density at radius 2 is 2.07 bits per heavy atom. The Hall–Kier alpha value is -1.52. The molecule has 1 amide bonds. The van der Waals surface area contributed by atoms with E-state index >= 15 is 0 Å². The van der Waals surface area contributed by atoms with Gasteiger partial charge in [0.25, 0.3) is 0 Å². The molecule has 1 unspecified atom stereocenters. The summed E-state index contributed by atoms with van der Waals surface area (Å²) in [5.41, 5.74) is 0. The number of amides is 1. The van der Waals surface area contributed by atoms with Crippen LogP contribution in [0.5, 0.6) is 0 Å². The fourth-order valence-electron chi connectivity index (χ4n) is 3.65. The van der Waals surface area contributed by atoms with Crippen LogP contribution in [0.2, 0.25) is 0 Å². The van der Waals surface area contributed by atoms with Crippen molar-refractivity contribution < 1.29 is 9.53 Å². The van der Waals surface area contributed by atoms with Crippen molar-refractivity contribution in [3.63, 3.8) is 0 Å². The standard InChI is InChI=1S/C17H24N6O2S2/c1-11-19-22-17(27-11)26-10-15(24)18-13-2-3-14-20-21-16(23(14)7-4-13)12-5-8-25-9-6-12/h12-13H,2-10H2,1H3,(H,18,24). The molecule has 8 nitrogen and oxygen atoms in total. The molecule has 2 aliphatic heterocycles. The Kier molecular flexibility index (Phi) is 6.04. The zero-order valence-electron chi connectivity index (χ0n) is 15.4. The Morgan fingerprint density at radius 1 is 1.22 bits per heavy atom. The number of fused-ring (bicyclic) bond motifs is 1. The number of hydrogen-bond acceptors (Lipinski definition) is 8. The van der Waals surface area contributed by atoms with Crippen LogP contribution in [-0.2, 0) is 22.5 Å². The number of hydrogen-bond donors (Lipinski definition) is 1. The molecule has 1 N–H and O–H groups in total. The predicted octanol–water partition coefficient (Wildman–Crippen LogP) is 1.95. The fraction of sp³-hybridized carbons (Fsp3) is 0.706. The predicted molar refractivity (Wildman–Crippen MR) is 103 cm³/mol. The SMILES string of the molecule is Cc1nnc(SCC(=O)NC2CCc3nnc(C4CCOCC4)n3CC2)s1. The monoisotopic (exact) mass is 408 g/mol. The van der Waals surface area contributed by atoms with Crippen LogP contribution in [0.15, 0.2) is 4.34 Å². The minimum Gasteiger partial charge on any atom is -0.381 e. The van der Waals surface area contributed by atoms with E-state index in [0.29, 0.717) is 11.7 Å². The van der Waals surface area contributed by atoms with Gasteiger partial charge in [0, 0.05) is 38.1 Å². The van der Waals surface area contributed by atoms with Gasteiger partial charge in [0.2, 0.25) is 5.91 Å². The molecule has 0 saturated carbocycles. The van der Waals surface area contributed by atoms with Crippen LogP contribution in [0.1, 0.15) is 48.3 Å². The topological polar surface area (TPSA) is 94.8 Å². The highest BCUT2D eigenvalue weighted by Crippen LogP contribution is 2.28. The number of aryl methyl sites for hydroxylation is 2. The highest BCUT2D eigenvalue weighted by atomic mass is 32.2. The van der Waals surface area contributed by atoms with Crippen molar-refractivity contribution in [2.75, 3.05) is 19.0 Å². The van der Waals surface area contributed by atoms with Gasteiger partial charge in [0.15, 0.2) is 4.34 Å². The molecule has 27 heavy (non-hydrogen) atoms. The highest BCUT2D eigenvalue weighted by molar-refractivity contribution is 8.01. The minimum atomic E-state index is 0.0557. The van der Waals surface area contributed by atoms with Gasteiger partial charge in [-0.2, -0.15) is 0 Å². The second-order valence-electron chi connectivity index (χ2n) is 6.98. The van der Waals surface area contributed by atoms with E-state index in [1.54, 1.807) is 0 Å².